The van der Waals surface area contributed by atoms with Crippen LogP contribution in [-0.2, 0) is 0 Å². The van der Waals surface area contributed by atoms with Crippen molar-refractivity contribution in [3.05, 3.63) is 35.9 Å². The van der Waals surface area contributed by atoms with Gasteiger partial charge in [0.25, 0.3) is 0 Å². The van der Waals surface area contributed by atoms with Crippen molar-refractivity contribution in [3.63, 3.8) is 0 Å². The minimum absolute atomic E-state index is 0.559. The average Bonchev–Trinajstić information content (AvgIpc) is 2.54. The number of rotatable bonds is 2. The highest BCUT2D eigenvalue weighted by Gasteiger charge is 2.20. The molecule has 0 bridgehead atoms. The molecule has 0 atom stereocenters. The van der Waals surface area contributed by atoms with Crippen molar-refractivity contribution in [2.24, 2.45) is 0 Å². The second-order valence-electron chi connectivity index (χ2n) is 5.56. The van der Waals surface area contributed by atoms with Gasteiger partial charge in [-0.2, -0.15) is 5.26 Å². The third-order valence-electron chi connectivity index (χ3n) is 4.31. The highest BCUT2D eigenvalue weighted by molar-refractivity contribution is 5.86. The number of pyridine rings is 1. The summed E-state index contributed by atoms with van der Waals surface area (Å²) in [5, 5.41) is 10.3. The highest BCUT2D eigenvalue weighted by Crippen LogP contribution is 2.27. The lowest BCUT2D eigenvalue weighted by atomic mass is 9.94. The lowest BCUT2D eigenvalue weighted by Gasteiger charge is -2.32. The number of hydrogen-bond donors (Lipinski definition) is 0. The first kappa shape index (κ1) is 12.9. The van der Waals surface area contributed by atoms with Gasteiger partial charge in [0.05, 0.1) is 17.1 Å². The van der Waals surface area contributed by atoms with Gasteiger partial charge in [0.1, 0.15) is 5.82 Å². The van der Waals surface area contributed by atoms with Gasteiger partial charge in [0.15, 0.2) is 0 Å². The van der Waals surface area contributed by atoms with Crippen LogP contribution in [0.4, 0.5) is 5.82 Å². The fourth-order valence-electron chi connectivity index (χ4n) is 3.09. The van der Waals surface area contributed by atoms with Crippen LogP contribution in [0.1, 0.15) is 37.7 Å². The van der Waals surface area contributed by atoms with Crippen LogP contribution in [0.15, 0.2) is 30.3 Å². The number of anilines is 1. The Morgan fingerprint density at radius 1 is 1.20 bits per heavy atom. The van der Waals surface area contributed by atoms with Gasteiger partial charge < -0.3 is 4.90 Å². The van der Waals surface area contributed by atoms with Gasteiger partial charge in [-0.15, -0.1) is 0 Å². The maximum Gasteiger partial charge on any atom is 0.130 e. The summed E-state index contributed by atoms with van der Waals surface area (Å²) in [5.74, 6) is 0.923. The Kier molecular flexibility index (Phi) is 3.56. The predicted molar refractivity (Wildman–Crippen MR) is 81.7 cm³/mol. The van der Waals surface area contributed by atoms with E-state index in [2.05, 4.69) is 18.0 Å². The molecule has 1 aromatic carbocycles. The van der Waals surface area contributed by atoms with Crippen LogP contribution in [0.2, 0.25) is 0 Å². The summed E-state index contributed by atoms with van der Waals surface area (Å²) in [6, 6.07) is 12.7. The maximum absolute atomic E-state index is 9.36. The van der Waals surface area contributed by atoms with E-state index in [4.69, 9.17) is 4.98 Å². The normalized spacial score (nSPS) is 16.0. The molecule has 1 fully saturated rings. The largest absolute Gasteiger partial charge is 0.357 e. The number of benzene rings is 1. The molecule has 102 valence electrons. The molecule has 1 aliphatic carbocycles. The van der Waals surface area contributed by atoms with E-state index in [9.17, 15) is 5.26 Å². The topological polar surface area (TPSA) is 39.9 Å². The van der Waals surface area contributed by atoms with Crippen LogP contribution < -0.4 is 4.90 Å². The first-order valence-electron chi connectivity index (χ1n) is 7.32. The van der Waals surface area contributed by atoms with Gasteiger partial charge in [-0.25, -0.2) is 4.98 Å². The van der Waals surface area contributed by atoms with Crippen molar-refractivity contribution < 1.29 is 0 Å². The molecule has 2 aromatic rings. The van der Waals surface area contributed by atoms with E-state index in [-0.39, 0.29) is 0 Å². The molecular weight excluding hydrogens is 246 g/mol. The maximum atomic E-state index is 9.36. The van der Waals surface area contributed by atoms with Gasteiger partial charge in [-0.3, -0.25) is 0 Å². The summed E-state index contributed by atoms with van der Waals surface area (Å²) >= 11 is 0. The van der Waals surface area contributed by atoms with Crippen LogP contribution in [-0.4, -0.2) is 18.1 Å². The number of hydrogen-bond acceptors (Lipinski definition) is 3. The second-order valence-corrected chi connectivity index (χ2v) is 5.56. The fraction of sp³-hybridized carbons (Fsp3) is 0.412. The van der Waals surface area contributed by atoms with Gasteiger partial charge in [0, 0.05) is 18.5 Å². The summed E-state index contributed by atoms with van der Waals surface area (Å²) in [4.78, 5) is 6.99. The van der Waals surface area contributed by atoms with E-state index in [1.807, 2.05) is 30.3 Å². The monoisotopic (exact) mass is 265 g/mol. The summed E-state index contributed by atoms with van der Waals surface area (Å²) in [6.07, 6.45) is 6.40. The molecule has 1 saturated carbocycles. The zero-order chi connectivity index (χ0) is 13.9. The van der Waals surface area contributed by atoms with Crippen molar-refractivity contribution in [1.82, 2.24) is 4.98 Å². The molecule has 0 saturated heterocycles. The first-order chi connectivity index (χ1) is 9.79. The Balaban J connectivity index is 2.01. The summed E-state index contributed by atoms with van der Waals surface area (Å²) < 4.78 is 0. The predicted octanol–water partition coefficient (Wildman–Crippen LogP) is 3.88. The number of nitriles is 1. The number of para-hydroxylation sites is 1. The second kappa shape index (κ2) is 5.50. The quantitative estimate of drug-likeness (QED) is 0.827. The minimum Gasteiger partial charge on any atom is -0.357 e. The summed E-state index contributed by atoms with van der Waals surface area (Å²) in [6.45, 7) is 0. The van der Waals surface area contributed by atoms with Crippen LogP contribution in [0.5, 0.6) is 0 Å². The molecule has 3 heteroatoms. The average molecular weight is 265 g/mol. The van der Waals surface area contributed by atoms with Crippen molar-refractivity contribution >= 4 is 16.7 Å². The van der Waals surface area contributed by atoms with Crippen LogP contribution in [0, 0.1) is 11.3 Å². The lowest BCUT2D eigenvalue weighted by Crippen LogP contribution is -2.33. The number of fused-ring (bicyclic) bond motifs is 1. The molecule has 0 aliphatic heterocycles. The van der Waals surface area contributed by atoms with E-state index in [1.165, 1.54) is 32.1 Å². The Hall–Kier alpha value is -2.08. The van der Waals surface area contributed by atoms with Crippen LogP contribution >= 0.6 is 0 Å². The Labute approximate surface area is 119 Å². The SMILES string of the molecule is CN(c1cc(C#N)c2ccccc2n1)C1CCCCC1. The Morgan fingerprint density at radius 3 is 2.70 bits per heavy atom. The Morgan fingerprint density at radius 2 is 1.95 bits per heavy atom. The standard InChI is InChI=1S/C17H19N3/c1-20(14-7-3-2-4-8-14)17-11-13(12-18)15-9-5-6-10-16(15)19-17/h5-6,9-11,14H,2-4,7-8H2,1H3. The van der Waals surface area contributed by atoms with Crippen molar-refractivity contribution in [1.29, 1.82) is 5.26 Å². The van der Waals surface area contributed by atoms with Gasteiger partial charge >= 0.3 is 0 Å². The van der Waals surface area contributed by atoms with Gasteiger partial charge in [0.2, 0.25) is 0 Å². The molecular formula is C17H19N3. The summed E-state index contributed by atoms with van der Waals surface area (Å²) in [7, 11) is 2.11. The molecule has 0 amide bonds. The highest BCUT2D eigenvalue weighted by atomic mass is 15.2. The fourth-order valence-corrected chi connectivity index (χ4v) is 3.09. The Bertz CT molecular complexity index is 651. The van der Waals surface area contributed by atoms with E-state index in [0.29, 0.717) is 11.6 Å². The molecule has 0 N–H and O–H groups in total. The minimum atomic E-state index is 0.559. The van der Waals surface area contributed by atoms with E-state index in [0.717, 1.165) is 16.7 Å². The molecule has 20 heavy (non-hydrogen) atoms. The zero-order valence-corrected chi connectivity index (χ0v) is 11.8. The molecule has 1 aliphatic rings. The molecule has 0 radical (unpaired) electrons. The van der Waals surface area contributed by atoms with Gasteiger partial charge in [-0.1, -0.05) is 37.5 Å². The van der Waals surface area contributed by atoms with Crippen molar-refractivity contribution in [2.45, 2.75) is 38.1 Å². The lowest BCUT2D eigenvalue weighted by molar-refractivity contribution is 0.426. The molecule has 0 spiro atoms. The molecule has 1 aromatic heterocycles. The van der Waals surface area contributed by atoms with E-state index in [1.54, 1.807) is 0 Å². The third-order valence-corrected chi connectivity index (χ3v) is 4.31. The smallest absolute Gasteiger partial charge is 0.130 e. The van der Waals surface area contributed by atoms with Crippen LogP contribution in [0.25, 0.3) is 10.9 Å². The molecule has 0 unspecified atom stereocenters. The third kappa shape index (κ3) is 2.34. The summed E-state index contributed by atoms with van der Waals surface area (Å²) in [5.41, 5.74) is 1.62. The number of aromatic nitrogens is 1. The zero-order valence-electron chi connectivity index (χ0n) is 11.8. The van der Waals surface area contributed by atoms with E-state index < -0.39 is 0 Å². The van der Waals surface area contributed by atoms with E-state index >= 15 is 0 Å². The van der Waals surface area contributed by atoms with Crippen LogP contribution in [0.3, 0.4) is 0 Å². The van der Waals surface area contributed by atoms with Gasteiger partial charge in [-0.05, 0) is 25.0 Å². The molecule has 3 nitrogen and oxygen atoms in total. The van der Waals surface area contributed by atoms with Crippen molar-refractivity contribution in [2.75, 3.05) is 11.9 Å². The molecule has 1 heterocycles. The number of nitrogens with zero attached hydrogens (tertiary/aromatic N) is 3. The van der Waals surface area contributed by atoms with Crippen molar-refractivity contribution in [3.8, 4) is 6.07 Å². The first-order valence-corrected chi connectivity index (χ1v) is 7.32. The molecule has 3 rings (SSSR count).